The van der Waals surface area contributed by atoms with Gasteiger partial charge in [-0.3, -0.25) is 9.48 Å². The number of carbonyl (C=O) groups is 1. The maximum atomic E-state index is 11.5. The Kier molecular flexibility index (Phi) is 5.05. The minimum Gasteiger partial charge on any atom is -0.355 e. The van der Waals surface area contributed by atoms with Gasteiger partial charge in [-0.2, -0.15) is 5.10 Å². The lowest BCUT2D eigenvalue weighted by Crippen LogP contribution is -2.28. The van der Waals surface area contributed by atoms with Crippen LogP contribution in [0.1, 0.15) is 26.3 Å². The molecule has 0 fully saturated rings. The number of aromatic nitrogens is 2. The smallest absolute Gasteiger partial charge is 0.230 e. The van der Waals surface area contributed by atoms with Crippen molar-refractivity contribution in [1.29, 1.82) is 0 Å². The Morgan fingerprint density at radius 3 is 2.76 bits per heavy atom. The van der Waals surface area contributed by atoms with Gasteiger partial charge in [0, 0.05) is 24.5 Å². The molecule has 0 spiro atoms. The van der Waals surface area contributed by atoms with Crippen molar-refractivity contribution in [1.82, 2.24) is 15.1 Å². The van der Waals surface area contributed by atoms with Crippen LogP contribution in [0.4, 0.5) is 0 Å². The Bertz CT molecular complexity index is 368. The fourth-order valence-corrected chi connectivity index (χ4v) is 1.95. The quantitative estimate of drug-likeness (QED) is 0.869. The van der Waals surface area contributed by atoms with Crippen LogP contribution in [0.25, 0.3) is 0 Å². The van der Waals surface area contributed by atoms with Crippen LogP contribution in [0.15, 0.2) is 12.4 Å². The van der Waals surface area contributed by atoms with E-state index in [1.54, 1.807) is 16.4 Å². The summed E-state index contributed by atoms with van der Waals surface area (Å²) in [6.45, 7) is 7.01. The van der Waals surface area contributed by atoms with Crippen LogP contribution in [0, 0.1) is 0 Å². The number of nitrogens with zero attached hydrogens (tertiary/aromatic N) is 2. The average molecular weight is 255 g/mol. The van der Waals surface area contributed by atoms with Crippen LogP contribution in [-0.4, -0.2) is 32.7 Å². The highest BCUT2D eigenvalue weighted by Gasteiger charge is 2.12. The molecule has 0 unspecified atom stereocenters. The second-order valence-corrected chi connectivity index (χ2v) is 6.83. The Balaban J connectivity index is 2.16. The molecule has 0 radical (unpaired) electrons. The zero-order valence-electron chi connectivity index (χ0n) is 11.0. The molecule has 0 atom stereocenters. The van der Waals surface area contributed by atoms with Gasteiger partial charge in [0.25, 0.3) is 0 Å². The Morgan fingerprint density at radius 2 is 2.24 bits per heavy atom. The molecule has 0 aromatic carbocycles. The third kappa shape index (κ3) is 6.36. The van der Waals surface area contributed by atoms with E-state index in [4.69, 9.17) is 0 Å². The van der Waals surface area contributed by atoms with Gasteiger partial charge in [-0.1, -0.05) is 20.8 Å². The fraction of sp³-hybridized carbons (Fsp3) is 0.667. The van der Waals surface area contributed by atoms with Crippen LogP contribution < -0.4 is 5.32 Å². The van der Waals surface area contributed by atoms with Gasteiger partial charge in [-0.25, -0.2) is 0 Å². The van der Waals surface area contributed by atoms with Crippen molar-refractivity contribution in [3.05, 3.63) is 18.0 Å². The first-order chi connectivity index (χ1) is 7.87. The predicted octanol–water partition coefficient (Wildman–Crippen LogP) is 1.61. The molecule has 1 rings (SSSR count). The molecule has 17 heavy (non-hydrogen) atoms. The van der Waals surface area contributed by atoms with Crippen LogP contribution in [0.5, 0.6) is 0 Å². The maximum Gasteiger partial charge on any atom is 0.230 e. The van der Waals surface area contributed by atoms with Crippen molar-refractivity contribution in [2.45, 2.75) is 31.9 Å². The highest BCUT2D eigenvalue weighted by molar-refractivity contribution is 8.01. The second kappa shape index (κ2) is 6.10. The molecule has 0 saturated carbocycles. The van der Waals surface area contributed by atoms with E-state index in [0.717, 1.165) is 12.0 Å². The topological polar surface area (TPSA) is 46.9 Å². The highest BCUT2D eigenvalue weighted by Crippen LogP contribution is 2.22. The van der Waals surface area contributed by atoms with E-state index in [9.17, 15) is 4.79 Å². The minimum absolute atomic E-state index is 0.105. The van der Waals surface area contributed by atoms with Gasteiger partial charge in [0.15, 0.2) is 0 Å². The third-order valence-corrected chi connectivity index (χ3v) is 3.40. The molecular formula is C12H21N3OS. The lowest BCUT2D eigenvalue weighted by Gasteiger charge is -2.16. The molecule has 1 N–H and O–H groups in total. The number of hydrogen-bond donors (Lipinski definition) is 1. The van der Waals surface area contributed by atoms with Crippen molar-refractivity contribution in [3.63, 3.8) is 0 Å². The molecule has 0 bridgehead atoms. The van der Waals surface area contributed by atoms with Gasteiger partial charge >= 0.3 is 0 Å². The number of amides is 1. The molecule has 4 nitrogen and oxygen atoms in total. The van der Waals surface area contributed by atoms with E-state index in [1.165, 1.54) is 0 Å². The van der Waals surface area contributed by atoms with E-state index in [2.05, 4.69) is 31.2 Å². The fourth-order valence-electron chi connectivity index (χ4n) is 1.28. The van der Waals surface area contributed by atoms with E-state index >= 15 is 0 Å². The van der Waals surface area contributed by atoms with Crippen LogP contribution >= 0.6 is 11.8 Å². The predicted molar refractivity (Wildman–Crippen MR) is 72.1 cm³/mol. The molecule has 0 aliphatic heterocycles. The highest BCUT2D eigenvalue weighted by atomic mass is 32.2. The van der Waals surface area contributed by atoms with Crippen molar-refractivity contribution >= 4 is 17.7 Å². The van der Waals surface area contributed by atoms with Gasteiger partial charge in [-0.15, -0.1) is 11.8 Å². The first kappa shape index (κ1) is 14.1. The number of nitrogens with one attached hydrogen (secondary N) is 1. The molecule has 0 aliphatic carbocycles. The lowest BCUT2D eigenvalue weighted by atomic mass is 10.2. The summed E-state index contributed by atoms with van der Waals surface area (Å²) in [4.78, 5) is 11.5. The molecule has 1 aromatic heterocycles. The second-order valence-electron chi connectivity index (χ2n) is 5.02. The number of aryl methyl sites for hydroxylation is 1. The molecule has 5 heteroatoms. The van der Waals surface area contributed by atoms with Crippen LogP contribution in [-0.2, 0) is 18.3 Å². The zero-order valence-corrected chi connectivity index (χ0v) is 11.8. The van der Waals surface area contributed by atoms with E-state index in [1.807, 2.05) is 19.4 Å². The van der Waals surface area contributed by atoms with E-state index < -0.39 is 0 Å². The standard InChI is InChI=1S/C12H21N3OS/c1-12(2,3)17-9-11(16)13-6-5-10-7-14-15(4)8-10/h7-8H,5-6,9H2,1-4H3,(H,13,16). The maximum absolute atomic E-state index is 11.5. The zero-order chi connectivity index (χ0) is 12.9. The number of rotatable bonds is 5. The van der Waals surface area contributed by atoms with Gasteiger partial charge in [0.2, 0.25) is 5.91 Å². The molecule has 0 saturated heterocycles. The summed E-state index contributed by atoms with van der Waals surface area (Å²) in [5.41, 5.74) is 1.15. The number of hydrogen-bond acceptors (Lipinski definition) is 3. The van der Waals surface area contributed by atoms with Crippen molar-refractivity contribution in [2.24, 2.45) is 7.05 Å². The number of thioether (sulfide) groups is 1. The molecule has 96 valence electrons. The normalized spacial score (nSPS) is 11.5. The summed E-state index contributed by atoms with van der Waals surface area (Å²) in [6.07, 6.45) is 4.63. The Labute approximate surface area is 107 Å². The minimum atomic E-state index is 0.105. The first-order valence-electron chi connectivity index (χ1n) is 5.75. The monoisotopic (exact) mass is 255 g/mol. The average Bonchev–Trinajstić information content (AvgIpc) is 2.60. The molecule has 1 amide bonds. The van der Waals surface area contributed by atoms with Crippen LogP contribution in [0.3, 0.4) is 0 Å². The van der Waals surface area contributed by atoms with E-state index in [-0.39, 0.29) is 10.7 Å². The van der Waals surface area contributed by atoms with Gasteiger partial charge in [-0.05, 0) is 12.0 Å². The summed E-state index contributed by atoms with van der Waals surface area (Å²) in [7, 11) is 1.89. The summed E-state index contributed by atoms with van der Waals surface area (Å²) in [6, 6.07) is 0. The Hall–Kier alpha value is -0.970. The molecule has 1 aromatic rings. The first-order valence-corrected chi connectivity index (χ1v) is 6.73. The van der Waals surface area contributed by atoms with Crippen molar-refractivity contribution in [2.75, 3.05) is 12.3 Å². The Morgan fingerprint density at radius 1 is 1.53 bits per heavy atom. The van der Waals surface area contributed by atoms with Crippen molar-refractivity contribution in [3.8, 4) is 0 Å². The van der Waals surface area contributed by atoms with Gasteiger partial charge in [0.05, 0.1) is 11.9 Å². The summed E-state index contributed by atoms with van der Waals surface area (Å²) >= 11 is 1.66. The summed E-state index contributed by atoms with van der Waals surface area (Å²) < 4.78 is 1.91. The summed E-state index contributed by atoms with van der Waals surface area (Å²) in [5.74, 6) is 0.630. The lowest BCUT2D eigenvalue weighted by molar-refractivity contribution is -0.118. The van der Waals surface area contributed by atoms with Crippen LogP contribution in [0.2, 0.25) is 0 Å². The SMILES string of the molecule is Cn1cc(CCNC(=O)CSC(C)(C)C)cn1. The largest absolute Gasteiger partial charge is 0.355 e. The molecular weight excluding hydrogens is 234 g/mol. The third-order valence-electron chi connectivity index (χ3n) is 2.13. The van der Waals surface area contributed by atoms with Gasteiger partial charge < -0.3 is 5.32 Å². The van der Waals surface area contributed by atoms with Gasteiger partial charge in [0.1, 0.15) is 0 Å². The molecule has 1 heterocycles. The summed E-state index contributed by atoms with van der Waals surface area (Å²) in [5, 5.41) is 7.00. The number of carbonyl (C=O) groups excluding carboxylic acids is 1. The van der Waals surface area contributed by atoms with Crippen molar-refractivity contribution < 1.29 is 4.79 Å². The van der Waals surface area contributed by atoms with E-state index in [0.29, 0.717) is 12.3 Å². The molecule has 0 aliphatic rings.